The van der Waals surface area contributed by atoms with Crippen molar-refractivity contribution < 1.29 is 9.90 Å². The minimum absolute atomic E-state index is 0.142. The first kappa shape index (κ1) is 15.4. The molecule has 0 radical (unpaired) electrons. The lowest BCUT2D eigenvalue weighted by Gasteiger charge is -2.35. The van der Waals surface area contributed by atoms with Gasteiger partial charge in [0.05, 0.1) is 6.04 Å². The van der Waals surface area contributed by atoms with Crippen molar-refractivity contribution in [3.05, 3.63) is 46.2 Å². The third kappa shape index (κ3) is 2.88. The van der Waals surface area contributed by atoms with Gasteiger partial charge in [0.1, 0.15) is 11.8 Å². The normalized spacial score (nSPS) is 19.1. The predicted octanol–water partition coefficient (Wildman–Crippen LogP) is 3.43. The second-order valence-electron chi connectivity index (χ2n) is 6.20. The molecule has 1 aromatic carbocycles. The Morgan fingerprint density at radius 1 is 1.43 bits per heavy atom. The molecule has 1 heterocycles. The SMILES string of the molecule is CC(C)(C)[C@H]1C(O)=C(C#N)C(=O)N1Cc1cccc(Cl)c1. The summed E-state index contributed by atoms with van der Waals surface area (Å²) in [6.45, 7) is 6.07. The maximum atomic E-state index is 12.3. The highest BCUT2D eigenvalue weighted by molar-refractivity contribution is 6.30. The van der Waals surface area contributed by atoms with Crippen LogP contribution in [-0.2, 0) is 11.3 Å². The number of nitriles is 1. The summed E-state index contributed by atoms with van der Waals surface area (Å²) >= 11 is 5.96. The number of aliphatic hydroxyl groups excluding tert-OH is 1. The molecule has 0 aromatic heterocycles. The molecule has 1 atom stereocenters. The van der Waals surface area contributed by atoms with E-state index in [0.29, 0.717) is 11.6 Å². The topological polar surface area (TPSA) is 64.3 Å². The summed E-state index contributed by atoms with van der Waals surface area (Å²) in [6, 6.07) is 8.49. The van der Waals surface area contributed by atoms with E-state index in [-0.39, 0.29) is 16.7 Å². The average Bonchev–Trinajstić information content (AvgIpc) is 2.60. The maximum absolute atomic E-state index is 12.3. The standard InChI is InChI=1S/C16H17ClN2O2/c1-16(2,3)14-13(20)12(8-18)15(21)19(14)9-10-5-4-6-11(17)7-10/h4-7,14,20H,9H2,1-3H3/t14-/m1/s1. The Hall–Kier alpha value is -1.99. The number of nitrogens with zero attached hydrogens (tertiary/aromatic N) is 2. The zero-order chi connectivity index (χ0) is 15.8. The highest BCUT2D eigenvalue weighted by Crippen LogP contribution is 2.37. The molecule has 4 nitrogen and oxygen atoms in total. The minimum Gasteiger partial charge on any atom is -0.508 e. The summed E-state index contributed by atoms with van der Waals surface area (Å²) in [5.74, 6) is -0.577. The molecule has 0 saturated carbocycles. The number of aliphatic hydroxyl groups is 1. The Balaban J connectivity index is 2.39. The van der Waals surface area contributed by atoms with Crippen LogP contribution in [-0.4, -0.2) is 22.0 Å². The molecule has 2 rings (SSSR count). The highest BCUT2D eigenvalue weighted by Gasteiger charge is 2.45. The van der Waals surface area contributed by atoms with Crippen molar-refractivity contribution >= 4 is 17.5 Å². The van der Waals surface area contributed by atoms with Crippen LogP contribution in [0.3, 0.4) is 0 Å². The minimum atomic E-state index is -0.515. The fourth-order valence-corrected chi connectivity index (χ4v) is 2.85. The number of rotatable bonds is 2. The molecule has 1 N–H and O–H groups in total. The molecule has 5 heteroatoms. The lowest BCUT2D eigenvalue weighted by atomic mass is 9.85. The van der Waals surface area contributed by atoms with Gasteiger partial charge in [0, 0.05) is 11.6 Å². The third-order valence-corrected chi connectivity index (χ3v) is 3.71. The van der Waals surface area contributed by atoms with E-state index in [0.717, 1.165) is 5.56 Å². The summed E-state index contributed by atoms with van der Waals surface area (Å²) in [5.41, 5.74) is 0.311. The van der Waals surface area contributed by atoms with Crippen LogP contribution in [0.2, 0.25) is 5.02 Å². The molecule has 0 aliphatic carbocycles. The van der Waals surface area contributed by atoms with E-state index in [1.165, 1.54) is 4.90 Å². The smallest absolute Gasteiger partial charge is 0.269 e. The summed E-state index contributed by atoms with van der Waals surface area (Å²) in [7, 11) is 0. The van der Waals surface area contributed by atoms with E-state index in [2.05, 4.69) is 0 Å². The molecule has 0 spiro atoms. The number of benzene rings is 1. The summed E-state index contributed by atoms with van der Waals surface area (Å²) in [4.78, 5) is 13.9. The number of hydrogen-bond donors (Lipinski definition) is 1. The van der Waals surface area contributed by atoms with Crippen molar-refractivity contribution in [3.63, 3.8) is 0 Å². The molecular formula is C16H17ClN2O2. The molecule has 1 aliphatic heterocycles. The van der Waals surface area contributed by atoms with E-state index in [4.69, 9.17) is 16.9 Å². The predicted molar refractivity (Wildman–Crippen MR) is 80.5 cm³/mol. The second-order valence-corrected chi connectivity index (χ2v) is 6.64. The van der Waals surface area contributed by atoms with Gasteiger partial charge in [-0.2, -0.15) is 5.26 Å². The third-order valence-electron chi connectivity index (χ3n) is 3.48. The number of hydrogen-bond acceptors (Lipinski definition) is 3. The van der Waals surface area contributed by atoms with Gasteiger partial charge in [-0.05, 0) is 23.1 Å². The van der Waals surface area contributed by atoms with Gasteiger partial charge in [-0.3, -0.25) is 4.79 Å². The Kier molecular flexibility index (Phi) is 3.97. The molecule has 1 aliphatic rings. The van der Waals surface area contributed by atoms with Gasteiger partial charge in [0.2, 0.25) is 0 Å². The Morgan fingerprint density at radius 3 is 2.62 bits per heavy atom. The summed E-state index contributed by atoms with van der Waals surface area (Å²) in [6.07, 6.45) is 0. The van der Waals surface area contributed by atoms with Crippen molar-refractivity contribution in [3.8, 4) is 6.07 Å². The van der Waals surface area contributed by atoms with Crippen molar-refractivity contribution in [1.82, 2.24) is 4.90 Å². The van der Waals surface area contributed by atoms with Gasteiger partial charge < -0.3 is 10.0 Å². The number of carbonyl (C=O) groups excluding carboxylic acids is 1. The van der Waals surface area contributed by atoms with E-state index in [9.17, 15) is 9.90 Å². The first-order valence-corrected chi connectivity index (χ1v) is 7.02. The lowest BCUT2D eigenvalue weighted by Crippen LogP contribution is -2.43. The molecule has 110 valence electrons. The largest absolute Gasteiger partial charge is 0.508 e. The molecule has 0 saturated heterocycles. The van der Waals surface area contributed by atoms with Crippen molar-refractivity contribution in [2.45, 2.75) is 33.4 Å². The summed E-state index contributed by atoms with van der Waals surface area (Å²) in [5, 5.41) is 19.9. The van der Waals surface area contributed by atoms with Crippen LogP contribution >= 0.6 is 11.6 Å². The Morgan fingerprint density at radius 2 is 2.10 bits per heavy atom. The van der Waals surface area contributed by atoms with E-state index >= 15 is 0 Å². The van der Waals surface area contributed by atoms with Gasteiger partial charge in [-0.25, -0.2) is 0 Å². The molecular weight excluding hydrogens is 288 g/mol. The maximum Gasteiger partial charge on any atom is 0.269 e. The highest BCUT2D eigenvalue weighted by atomic mass is 35.5. The van der Waals surface area contributed by atoms with E-state index in [1.807, 2.05) is 32.9 Å². The van der Waals surface area contributed by atoms with Crippen LogP contribution in [0.1, 0.15) is 26.3 Å². The van der Waals surface area contributed by atoms with Gasteiger partial charge in [-0.1, -0.05) is 44.5 Å². The zero-order valence-electron chi connectivity index (χ0n) is 12.2. The molecule has 1 amide bonds. The number of carbonyl (C=O) groups is 1. The van der Waals surface area contributed by atoms with Crippen LogP contribution < -0.4 is 0 Å². The molecule has 0 fully saturated rings. The molecule has 21 heavy (non-hydrogen) atoms. The summed E-state index contributed by atoms with van der Waals surface area (Å²) < 4.78 is 0. The number of halogens is 1. The van der Waals surface area contributed by atoms with Crippen molar-refractivity contribution in [1.29, 1.82) is 5.26 Å². The van der Waals surface area contributed by atoms with Crippen LogP contribution in [0, 0.1) is 16.7 Å². The van der Waals surface area contributed by atoms with Crippen LogP contribution in [0.4, 0.5) is 0 Å². The first-order valence-electron chi connectivity index (χ1n) is 6.64. The fraction of sp³-hybridized carbons (Fsp3) is 0.375. The Labute approximate surface area is 129 Å². The molecule has 1 aromatic rings. The first-order chi connectivity index (χ1) is 9.75. The van der Waals surface area contributed by atoms with E-state index < -0.39 is 11.9 Å². The van der Waals surface area contributed by atoms with Crippen LogP contribution in [0.15, 0.2) is 35.6 Å². The monoisotopic (exact) mass is 304 g/mol. The van der Waals surface area contributed by atoms with E-state index in [1.54, 1.807) is 18.2 Å². The van der Waals surface area contributed by atoms with Gasteiger partial charge in [0.25, 0.3) is 5.91 Å². The molecule has 0 unspecified atom stereocenters. The zero-order valence-corrected chi connectivity index (χ0v) is 13.0. The quantitative estimate of drug-likeness (QED) is 0.910. The second kappa shape index (κ2) is 5.42. The van der Waals surface area contributed by atoms with Gasteiger partial charge in [-0.15, -0.1) is 0 Å². The molecule has 0 bridgehead atoms. The fourth-order valence-electron chi connectivity index (χ4n) is 2.63. The van der Waals surface area contributed by atoms with Crippen LogP contribution in [0.5, 0.6) is 0 Å². The number of amides is 1. The van der Waals surface area contributed by atoms with Crippen molar-refractivity contribution in [2.24, 2.45) is 5.41 Å². The van der Waals surface area contributed by atoms with Crippen LogP contribution in [0.25, 0.3) is 0 Å². The van der Waals surface area contributed by atoms with Gasteiger partial charge >= 0.3 is 0 Å². The van der Waals surface area contributed by atoms with Crippen molar-refractivity contribution in [2.75, 3.05) is 0 Å². The Bertz CT molecular complexity index is 653. The average molecular weight is 305 g/mol. The van der Waals surface area contributed by atoms with Gasteiger partial charge in [0.15, 0.2) is 5.57 Å². The lowest BCUT2D eigenvalue weighted by molar-refractivity contribution is -0.129.